The van der Waals surface area contributed by atoms with Crippen molar-refractivity contribution < 1.29 is 9.90 Å². The fraction of sp³-hybridized carbons (Fsp3) is 0.278. The van der Waals surface area contributed by atoms with Crippen LogP contribution in [0, 0.1) is 0 Å². The maximum Gasteiger partial charge on any atom is 0.184 e. The van der Waals surface area contributed by atoms with Crippen LogP contribution in [0.4, 0.5) is 0 Å². The lowest BCUT2D eigenvalue weighted by Gasteiger charge is -2.19. The molecule has 0 saturated heterocycles. The van der Waals surface area contributed by atoms with Gasteiger partial charge in [0.05, 0.1) is 12.1 Å². The van der Waals surface area contributed by atoms with Crippen molar-refractivity contribution in [3.63, 3.8) is 0 Å². The van der Waals surface area contributed by atoms with Crippen LogP contribution in [-0.4, -0.2) is 23.5 Å². The maximum absolute atomic E-state index is 12.7. The molecule has 21 heavy (non-hydrogen) atoms. The van der Waals surface area contributed by atoms with Crippen molar-refractivity contribution in [3.05, 3.63) is 71.8 Å². The maximum atomic E-state index is 12.7. The van der Waals surface area contributed by atoms with Crippen molar-refractivity contribution in [1.82, 2.24) is 5.32 Å². The van der Waals surface area contributed by atoms with Crippen molar-refractivity contribution in [2.75, 3.05) is 6.54 Å². The SMILES string of the molecule is C[C@@H](O)CCN[C@@H](C(=O)c1ccccc1)c1ccccc1. The topological polar surface area (TPSA) is 49.3 Å². The second-order valence-corrected chi connectivity index (χ2v) is 5.17. The number of rotatable bonds is 7. The van der Waals surface area contributed by atoms with Crippen LogP contribution in [0.2, 0.25) is 0 Å². The second-order valence-electron chi connectivity index (χ2n) is 5.17. The van der Waals surface area contributed by atoms with E-state index >= 15 is 0 Å². The summed E-state index contributed by atoms with van der Waals surface area (Å²) >= 11 is 0. The number of aliphatic hydroxyl groups is 1. The Bertz CT molecular complexity index is 552. The Kier molecular flexibility index (Phi) is 5.67. The molecular weight excluding hydrogens is 262 g/mol. The molecule has 0 amide bonds. The molecule has 0 saturated carbocycles. The van der Waals surface area contributed by atoms with Crippen molar-refractivity contribution >= 4 is 5.78 Å². The predicted octanol–water partition coefficient (Wildman–Crippen LogP) is 2.97. The Balaban J connectivity index is 2.17. The summed E-state index contributed by atoms with van der Waals surface area (Å²) in [5.74, 6) is 0.0485. The lowest BCUT2D eigenvalue weighted by atomic mass is 9.97. The highest BCUT2D eigenvalue weighted by Crippen LogP contribution is 2.18. The van der Waals surface area contributed by atoms with Crippen LogP contribution in [0.5, 0.6) is 0 Å². The summed E-state index contributed by atoms with van der Waals surface area (Å²) in [6, 6.07) is 18.6. The van der Waals surface area contributed by atoms with Gasteiger partial charge in [-0.15, -0.1) is 0 Å². The normalized spacial score (nSPS) is 13.6. The van der Waals surface area contributed by atoms with E-state index in [1.165, 1.54) is 0 Å². The average Bonchev–Trinajstić information content (AvgIpc) is 2.52. The summed E-state index contributed by atoms with van der Waals surface area (Å²) < 4.78 is 0. The molecule has 0 bridgehead atoms. The lowest BCUT2D eigenvalue weighted by molar-refractivity contribution is 0.0938. The Labute approximate surface area is 125 Å². The molecule has 0 spiro atoms. The zero-order valence-electron chi connectivity index (χ0n) is 12.2. The summed E-state index contributed by atoms with van der Waals surface area (Å²) in [7, 11) is 0. The third kappa shape index (κ3) is 4.52. The minimum atomic E-state index is -0.382. The molecule has 0 fully saturated rings. The van der Waals surface area contributed by atoms with Crippen molar-refractivity contribution in [3.8, 4) is 0 Å². The first-order valence-corrected chi connectivity index (χ1v) is 7.24. The highest BCUT2D eigenvalue weighted by molar-refractivity contribution is 6.00. The minimum Gasteiger partial charge on any atom is -0.393 e. The van der Waals surface area contributed by atoms with E-state index in [0.29, 0.717) is 18.5 Å². The van der Waals surface area contributed by atoms with Gasteiger partial charge < -0.3 is 10.4 Å². The number of benzene rings is 2. The van der Waals surface area contributed by atoms with Gasteiger partial charge in [-0.1, -0.05) is 60.7 Å². The highest BCUT2D eigenvalue weighted by atomic mass is 16.3. The van der Waals surface area contributed by atoms with Gasteiger partial charge >= 0.3 is 0 Å². The molecule has 3 heteroatoms. The van der Waals surface area contributed by atoms with Gasteiger partial charge in [-0.3, -0.25) is 4.79 Å². The van der Waals surface area contributed by atoms with Crippen LogP contribution >= 0.6 is 0 Å². The van der Waals surface area contributed by atoms with Gasteiger partial charge in [0.2, 0.25) is 0 Å². The molecule has 0 aliphatic rings. The summed E-state index contributed by atoms with van der Waals surface area (Å²) in [5, 5.41) is 12.6. The quantitative estimate of drug-likeness (QED) is 0.768. The molecule has 2 rings (SSSR count). The van der Waals surface area contributed by atoms with Crippen LogP contribution < -0.4 is 5.32 Å². The molecule has 0 radical (unpaired) electrons. The summed E-state index contributed by atoms with van der Waals surface area (Å²) in [6.07, 6.45) is 0.242. The number of carbonyl (C=O) groups excluding carboxylic acids is 1. The molecule has 2 atom stereocenters. The average molecular weight is 283 g/mol. The van der Waals surface area contributed by atoms with Gasteiger partial charge in [-0.05, 0) is 25.5 Å². The molecule has 3 nitrogen and oxygen atoms in total. The summed E-state index contributed by atoms with van der Waals surface area (Å²) in [5.41, 5.74) is 1.63. The first kappa shape index (κ1) is 15.4. The van der Waals surface area contributed by atoms with E-state index in [4.69, 9.17) is 0 Å². The van der Waals surface area contributed by atoms with Crippen LogP contribution in [0.3, 0.4) is 0 Å². The lowest BCUT2D eigenvalue weighted by Crippen LogP contribution is -2.30. The molecule has 0 aliphatic carbocycles. The van der Waals surface area contributed by atoms with E-state index in [9.17, 15) is 9.90 Å². The molecule has 2 aromatic carbocycles. The van der Waals surface area contributed by atoms with Crippen LogP contribution in [-0.2, 0) is 0 Å². The molecule has 2 N–H and O–H groups in total. The first-order valence-electron chi connectivity index (χ1n) is 7.24. The van der Waals surface area contributed by atoms with E-state index in [-0.39, 0.29) is 17.9 Å². The first-order chi connectivity index (χ1) is 10.2. The number of nitrogens with one attached hydrogen (secondary N) is 1. The Hall–Kier alpha value is -1.97. The zero-order valence-corrected chi connectivity index (χ0v) is 12.2. The van der Waals surface area contributed by atoms with E-state index < -0.39 is 0 Å². The highest BCUT2D eigenvalue weighted by Gasteiger charge is 2.21. The summed E-state index contributed by atoms with van der Waals surface area (Å²) in [4.78, 5) is 12.7. The number of hydrogen-bond acceptors (Lipinski definition) is 3. The molecule has 0 aliphatic heterocycles. The van der Waals surface area contributed by atoms with E-state index in [2.05, 4.69) is 5.32 Å². The van der Waals surface area contributed by atoms with E-state index in [1.54, 1.807) is 6.92 Å². The molecule has 2 aromatic rings. The fourth-order valence-corrected chi connectivity index (χ4v) is 2.21. The van der Waals surface area contributed by atoms with Crippen molar-refractivity contribution in [2.45, 2.75) is 25.5 Å². The van der Waals surface area contributed by atoms with Crippen molar-refractivity contribution in [1.29, 1.82) is 0 Å². The Morgan fingerprint density at radius 2 is 1.62 bits per heavy atom. The summed E-state index contributed by atoms with van der Waals surface area (Å²) in [6.45, 7) is 2.34. The standard InChI is InChI=1S/C18H21NO2/c1-14(20)12-13-19-17(15-8-4-2-5-9-15)18(21)16-10-6-3-7-11-16/h2-11,14,17,19-20H,12-13H2,1H3/t14-,17-/m1/s1. The molecular formula is C18H21NO2. The zero-order chi connectivity index (χ0) is 15.1. The van der Waals surface area contributed by atoms with Crippen LogP contribution in [0.25, 0.3) is 0 Å². The number of hydrogen-bond donors (Lipinski definition) is 2. The van der Waals surface area contributed by atoms with Gasteiger partial charge in [0.1, 0.15) is 0 Å². The van der Waals surface area contributed by atoms with Gasteiger partial charge in [0.25, 0.3) is 0 Å². The number of aliphatic hydroxyl groups excluding tert-OH is 1. The third-order valence-electron chi connectivity index (χ3n) is 3.36. The number of Topliss-reactive ketones (excluding diaryl/α,β-unsaturated/α-hetero) is 1. The largest absolute Gasteiger partial charge is 0.393 e. The number of ketones is 1. The molecule has 0 unspecified atom stereocenters. The Morgan fingerprint density at radius 1 is 1.05 bits per heavy atom. The van der Waals surface area contributed by atoms with E-state index in [0.717, 1.165) is 5.56 Å². The van der Waals surface area contributed by atoms with Gasteiger partial charge in [0, 0.05) is 5.56 Å². The smallest absolute Gasteiger partial charge is 0.184 e. The van der Waals surface area contributed by atoms with Gasteiger partial charge in [-0.25, -0.2) is 0 Å². The predicted molar refractivity (Wildman–Crippen MR) is 84.3 cm³/mol. The van der Waals surface area contributed by atoms with Gasteiger partial charge in [-0.2, -0.15) is 0 Å². The monoisotopic (exact) mass is 283 g/mol. The fourth-order valence-electron chi connectivity index (χ4n) is 2.21. The van der Waals surface area contributed by atoms with Gasteiger partial charge in [0.15, 0.2) is 5.78 Å². The van der Waals surface area contributed by atoms with Crippen LogP contribution in [0.1, 0.15) is 35.3 Å². The number of carbonyl (C=O) groups is 1. The molecule has 110 valence electrons. The minimum absolute atomic E-state index is 0.0485. The molecule has 0 heterocycles. The van der Waals surface area contributed by atoms with Crippen molar-refractivity contribution in [2.24, 2.45) is 0 Å². The second kappa shape index (κ2) is 7.72. The third-order valence-corrected chi connectivity index (χ3v) is 3.36. The Morgan fingerprint density at radius 3 is 2.19 bits per heavy atom. The molecule has 0 aromatic heterocycles. The van der Waals surface area contributed by atoms with E-state index in [1.807, 2.05) is 60.7 Å². The van der Waals surface area contributed by atoms with Crippen LogP contribution in [0.15, 0.2) is 60.7 Å².